The molecule has 0 spiro atoms. The number of carbonyl (C=O) groups is 1. The largest absolute Gasteiger partial charge is 0.334 e. The fraction of sp³-hybridized carbons (Fsp3) is 0.357. The lowest BCUT2D eigenvalue weighted by molar-refractivity contribution is -0.116. The van der Waals surface area contributed by atoms with Gasteiger partial charge in [-0.15, -0.1) is 0 Å². The highest BCUT2D eigenvalue weighted by Crippen LogP contribution is 2.26. The molecule has 6 heteroatoms. The van der Waals surface area contributed by atoms with Crippen molar-refractivity contribution in [2.45, 2.75) is 26.2 Å². The number of anilines is 1. The number of unbranched alkanes of at least 4 members (excludes halogenated alkanes) is 1. The van der Waals surface area contributed by atoms with E-state index in [1.807, 2.05) is 24.3 Å². The van der Waals surface area contributed by atoms with Gasteiger partial charge in [0.05, 0.1) is 11.3 Å². The molecule has 0 aliphatic rings. The molecule has 1 amide bonds. The van der Waals surface area contributed by atoms with Crippen LogP contribution in [0.25, 0.3) is 11.5 Å². The molecule has 0 bridgehead atoms. The van der Waals surface area contributed by atoms with Gasteiger partial charge in [-0.25, -0.2) is 0 Å². The van der Waals surface area contributed by atoms with Crippen molar-refractivity contribution in [1.29, 1.82) is 0 Å². The van der Waals surface area contributed by atoms with Crippen LogP contribution in [0, 0.1) is 6.92 Å². The van der Waals surface area contributed by atoms with Crippen molar-refractivity contribution in [2.24, 2.45) is 0 Å². The van der Waals surface area contributed by atoms with Gasteiger partial charge in [-0.2, -0.15) is 4.98 Å². The van der Waals surface area contributed by atoms with Gasteiger partial charge in [-0.3, -0.25) is 4.79 Å². The minimum atomic E-state index is -0.00497. The number of carbonyl (C=O) groups excluding carboxylic acids is 1. The molecule has 106 valence electrons. The lowest BCUT2D eigenvalue weighted by atomic mass is 10.1. The molecule has 2 aromatic rings. The summed E-state index contributed by atoms with van der Waals surface area (Å²) in [5, 5.41) is 7.58. The Morgan fingerprint density at radius 1 is 1.35 bits per heavy atom. The van der Waals surface area contributed by atoms with Gasteiger partial charge in [0.1, 0.15) is 0 Å². The molecule has 1 heterocycles. The Morgan fingerprint density at radius 2 is 2.15 bits per heavy atom. The third kappa shape index (κ3) is 3.90. The number of aryl methyl sites for hydroxylation is 1. The van der Waals surface area contributed by atoms with Crippen LogP contribution < -0.4 is 5.32 Å². The maximum atomic E-state index is 11.9. The molecule has 1 N–H and O–H groups in total. The Kier molecular flexibility index (Phi) is 5.29. The second-order valence-electron chi connectivity index (χ2n) is 4.39. The SMILES string of the molecule is Cc1noc(-c2ccccc2NC(=O)CCCCBr)n1. The van der Waals surface area contributed by atoms with Crippen LogP contribution in [0.4, 0.5) is 5.69 Å². The summed E-state index contributed by atoms with van der Waals surface area (Å²) < 4.78 is 5.15. The quantitative estimate of drug-likeness (QED) is 0.646. The third-order valence-corrected chi connectivity index (χ3v) is 3.31. The second-order valence-corrected chi connectivity index (χ2v) is 5.18. The molecule has 5 nitrogen and oxygen atoms in total. The van der Waals surface area contributed by atoms with E-state index >= 15 is 0 Å². The van der Waals surface area contributed by atoms with Crippen LogP contribution in [-0.2, 0) is 4.79 Å². The van der Waals surface area contributed by atoms with Crippen molar-refractivity contribution in [3.63, 3.8) is 0 Å². The maximum Gasteiger partial charge on any atom is 0.260 e. The molecular weight excluding hydrogens is 322 g/mol. The third-order valence-electron chi connectivity index (χ3n) is 2.75. The van der Waals surface area contributed by atoms with E-state index in [0.29, 0.717) is 23.8 Å². The number of nitrogens with one attached hydrogen (secondary N) is 1. The van der Waals surface area contributed by atoms with E-state index in [9.17, 15) is 4.79 Å². The summed E-state index contributed by atoms with van der Waals surface area (Å²) in [6.07, 6.45) is 2.35. The number of hydrogen-bond donors (Lipinski definition) is 1. The van der Waals surface area contributed by atoms with Crippen LogP contribution in [0.3, 0.4) is 0 Å². The van der Waals surface area contributed by atoms with Crippen molar-refractivity contribution in [3.05, 3.63) is 30.1 Å². The van der Waals surface area contributed by atoms with E-state index < -0.39 is 0 Å². The van der Waals surface area contributed by atoms with E-state index in [2.05, 4.69) is 31.4 Å². The highest BCUT2D eigenvalue weighted by Gasteiger charge is 2.12. The lowest BCUT2D eigenvalue weighted by Gasteiger charge is -2.08. The number of benzene rings is 1. The summed E-state index contributed by atoms with van der Waals surface area (Å²) in [5.41, 5.74) is 1.43. The number of amides is 1. The smallest absolute Gasteiger partial charge is 0.260 e. The Balaban J connectivity index is 2.10. The Hall–Kier alpha value is -1.69. The van der Waals surface area contributed by atoms with E-state index in [1.54, 1.807) is 6.92 Å². The molecule has 2 rings (SSSR count). The summed E-state index contributed by atoms with van der Waals surface area (Å²) >= 11 is 3.35. The Bertz CT molecular complexity index is 583. The standard InChI is InChI=1S/C14H16BrN3O2/c1-10-16-14(20-18-10)11-6-2-3-7-12(11)17-13(19)8-4-5-9-15/h2-3,6-7H,4-5,8-9H2,1H3,(H,17,19). The van der Waals surface area contributed by atoms with Crippen LogP contribution in [0.15, 0.2) is 28.8 Å². The number of rotatable bonds is 6. The van der Waals surface area contributed by atoms with Crippen LogP contribution in [0.5, 0.6) is 0 Å². The van der Waals surface area contributed by atoms with Crippen molar-refractivity contribution < 1.29 is 9.32 Å². The van der Waals surface area contributed by atoms with E-state index in [0.717, 1.165) is 23.7 Å². The first kappa shape index (κ1) is 14.7. The normalized spacial score (nSPS) is 10.5. The van der Waals surface area contributed by atoms with Gasteiger partial charge in [0.15, 0.2) is 5.82 Å². The van der Waals surface area contributed by atoms with Crippen molar-refractivity contribution in [3.8, 4) is 11.5 Å². The number of halogens is 1. The topological polar surface area (TPSA) is 68.0 Å². The zero-order valence-corrected chi connectivity index (χ0v) is 12.8. The molecule has 1 aromatic heterocycles. The van der Waals surface area contributed by atoms with E-state index in [1.165, 1.54) is 0 Å². The van der Waals surface area contributed by atoms with Crippen LogP contribution in [0.2, 0.25) is 0 Å². The predicted octanol–water partition coefficient (Wildman–Crippen LogP) is 3.55. The monoisotopic (exact) mass is 337 g/mol. The van der Waals surface area contributed by atoms with Crippen molar-refractivity contribution in [2.75, 3.05) is 10.6 Å². The number of alkyl halides is 1. The number of hydrogen-bond acceptors (Lipinski definition) is 4. The zero-order chi connectivity index (χ0) is 14.4. The fourth-order valence-electron chi connectivity index (χ4n) is 1.78. The van der Waals surface area contributed by atoms with E-state index in [-0.39, 0.29) is 5.91 Å². The van der Waals surface area contributed by atoms with Crippen LogP contribution in [0.1, 0.15) is 25.1 Å². The lowest BCUT2D eigenvalue weighted by Crippen LogP contribution is -2.11. The number of aromatic nitrogens is 2. The molecule has 1 aromatic carbocycles. The van der Waals surface area contributed by atoms with Crippen LogP contribution in [-0.4, -0.2) is 21.4 Å². The molecule has 0 saturated carbocycles. The number of para-hydroxylation sites is 1. The first-order valence-corrected chi connectivity index (χ1v) is 7.58. The first-order valence-electron chi connectivity index (χ1n) is 6.46. The van der Waals surface area contributed by atoms with Crippen LogP contribution >= 0.6 is 15.9 Å². The molecule has 0 atom stereocenters. The van der Waals surface area contributed by atoms with E-state index in [4.69, 9.17) is 4.52 Å². The molecule has 0 radical (unpaired) electrons. The van der Waals surface area contributed by atoms with Gasteiger partial charge in [0.2, 0.25) is 5.91 Å². The Labute approximate surface area is 125 Å². The highest BCUT2D eigenvalue weighted by molar-refractivity contribution is 9.09. The fourth-order valence-corrected chi connectivity index (χ4v) is 2.17. The predicted molar refractivity (Wildman–Crippen MR) is 80.7 cm³/mol. The van der Waals surface area contributed by atoms with Crippen molar-refractivity contribution in [1.82, 2.24) is 10.1 Å². The molecule has 0 aliphatic heterocycles. The molecule has 0 aliphatic carbocycles. The molecule has 0 fully saturated rings. The highest BCUT2D eigenvalue weighted by atomic mass is 79.9. The molecular formula is C14H16BrN3O2. The summed E-state index contributed by atoms with van der Waals surface area (Å²) in [5.74, 6) is 0.979. The molecule has 0 saturated heterocycles. The minimum absolute atomic E-state index is 0.00497. The average molecular weight is 338 g/mol. The Morgan fingerprint density at radius 3 is 2.85 bits per heavy atom. The van der Waals surface area contributed by atoms with Gasteiger partial charge >= 0.3 is 0 Å². The summed E-state index contributed by atoms with van der Waals surface area (Å²) in [7, 11) is 0. The number of nitrogens with zero attached hydrogens (tertiary/aromatic N) is 2. The van der Waals surface area contributed by atoms with Gasteiger partial charge in [0, 0.05) is 11.8 Å². The van der Waals surface area contributed by atoms with Gasteiger partial charge in [-0.05, 0) is 31.9 Å². The maximum absolute atomic E-state index is 11.9. The minimum Gasteiger partial charge on any atom is -0.334 e. The second kappa shape index (κ2) is 7.19. The van der Waals surface area contributed by atoms with Crippen molar-refractivity contribution >= 4 is 27.5 Å². The molecule has 0 unspecified atom stereocenters. The summed E-state index contributed by atoms with van der Waals surface area (Å²) in [6.45, 7) is 1.76. The first-order chi connectivity index (χ1) is 9.70. The van der Waals surface area contributed by atoms with Gasteiger partial charge < -0.3 is 9.84 Å². The zero-order valence-electron chi connectivity index (χ0n) is 11.2. The average Bonchev–Trinajstić information content (AvgIpc) is 2.86. The summed E-state index contributed by atoms with van der Waals surface area (Å²) in [4.78, 5) is 16.1. The molecule has 20 heavy (non-hydrogen) atoms. The summed E-state index contributed by atoms with van der Waals surface area (Å²) in [6, 6.07) is 7.41. The van der Waals surface area contributed by atoms with Gasteiger partial charge in [-0.1, -0.05) is 33.2 Å². The van der Waals surface area contributed by atoms with Gasteiger partial charge in [0.25, 0.3) is 5.89 Å².